The Bertz CT molecular complexity index is 437. The van der Waals surface area contributed by atoms with E-state index >= 15 is 0 Å². The molecular weight excluding hydrogens is 284 g/mol. The van der Waals surface area contributed by atoms with Gasteiger partial charge >= 0.3 is 0 Å². The fourth-order valence-corrected chi connectivity index (χ4v) is 4.30. The monoisotopic (exact) mass is 312 g/mol. The van der Waals surface area contributed by atoms with Gasteiger partial charge in [-0.15, -0.1) is 11.3 Å². The molecule has 120 valence electrons. The number of hydrogen-bond donors (Lipinski definition) is 1. The van der Waals surface area contributed by atoms with Crippen LogP contribution in [0.1, 0.15) is 57.2 Å². The molecule has 1 saturated heterocycles. The van der Waals surface area contributed by atoms with Crippen molar-refractivity contribution in [2.45, 2.75) is 64.2 Å². The molecule has 21 heavy (non-hydrogen) atoms. The zero-order valence-electron chi connectivity index (χ0n) is 13.8. The van der Waals surface area contributed by atoms with Gasteiger partial charge in [0, 0.05) is 19.0 Å². The first-order chi connectivity index (χ1) is 9.97. The first-order valence-corrected chi connectivity index (χ1v) is 8.70. The maximum Gasteiger partial charge on any atom is 0.113 e. The number of methoxy groups -OCH3 is 1. The Hall–Kier alpha value is -0.490. The molecule has 1 N–H and O–H groups in total. The fourth-order valence-electron chi connectivity index (χ4n) is 3.12. The van der Waals surface area contributed by atoms with Crippen LogP contribution in [0.3, 0.4) is 0 Å². The lowest BCUT2D eigenvalue weighted by Gasteiger charge is -2.42. The van der Waals surface area contributed by atoms with Crippen LogP contribution in [0.5, 0.6) is 0 Å². The summed E-state index contributed by atoms with van der Waals surface area (Å²) in [5, 5.41) is 7.11. The molecule has 1 fully saturated rings. The topological polar surface area (TPSA) is 43.4 Å². The molecule has 5 heteroatoms. The molecule has 2 rings (SSSR count). The lowest BCUT2D eigenvalue weighted by molar-refractivity contribution is -0.0721. The molecule has 0 radical (unpaired) electrons. The van der Waals surface area contributed by atoms with E-state index < -0.39 is 0 Å². The largest absolute Gasteiger partial charge is 0.383 e. The highest BCUT2D eigenvalue weighted by atomic mass is 32.1. The standard InChI is InChI=1S/C16H28N2O2S/c1-11(2)14-10-21-15(18-14)16(17-6-7-19-5)8-12(3)20-13(4)9-16/h10-13,17H,6-9H2,1-5H3. The minimum atomic E-state index is -0.0760. The highest BCUT2D eigenvalue weighted by molar-refractivity contribution is 7.09. The fraction of sp³-hybridized carbons (Fsp3) is 0.812. The van der Waals surface area contributed by atoms with Crippen LogP contribution >= 0.6 is 11.3 Å². The second kappa shape index (κ2) is 7.18. The van der Waals surface area contributed by atoms with E-state index in [4.69, 9.17) is 14.5 Å². The van der Waals surface area contributed by atoms with Gasteiger partial charge in [-0.2, -0.15) is 0 Å². The second-order valence-corrected chi connectivity index (χ2v) is 7.26. The molecule has 2 unspecified atom stereocenters. The molecule has 0 amide bonds. The van der Waals surface area contributed by atoms with Gasteiger partial charge in [-0.3, -0.25) is 0 Å². The molecule has 2 heterocycles. The van der Waals surface area contributed by atoms with Crippen molar-refractivity contribution >= 4 is 11.3 Å². The minimum absolute atomic E-state index is 0.0760. The maximum absolute atomic E-state index is 5.93. The number of thiazole rings is 1. The summed E-state index contributed by atoms with van der Waals surface area (Å²) in [6, 6.07) is 0. The highest BCUT2D eigenvalue weighted by Crippen LogP contribution is 2.39. The first-order valence-electron chi connectivity index (χ1n) is 7.82. The summed E-state index contributed by atoms with van der Waals surface area (Å²) in [7, 11) is 1.74. The summed E-state index contributed by atoms with van der Waals surface area (Å²) >= 11 is 1.78. The summed E-state index contributed by atoms with van der Waals surface area (Å²) in [5.74, 6) is 0.473. The summed E-state index contributed by atoms with van der Waals surface area (Å²) in [5.41, 5.74) is 1.11. The first kappa shape index (κ1) is 16.9. The average Bonchev–Trinajstić information content (AvgIpc) is 2.88. The van der Waals surface area contributed by atoms with Crippen LogP contribution in [-0.2, 0) is 15.0 Å². The number of nitrogens with one attached hydrogen (secondary N) is 1. The van der Waals surface area contributed by atoms with Gasteiger partial charge in [-0.25, -0.2) is 4.98 Å². The van der Waals surface area contributed by atoms with Crippen LogP contribution in [-0.4, -0.2) is 37.5 Å². The van der Waals surface area contributed by atoms with Crippen LogP contribution in [0.25, 0.3) is 0 Å². The molecule has 4 nitrogen and oxygen atoms in total. The van der Waals surface area contributed by atoms with E-state index in [1.807, 2.05) is 0 Å². The van der Waals surface area contributed by atoms with Crippen LogP contribution < -0.4 is 5.32 Å². The van der Waals surface area contributed by atoms with Gasteiger partial charge in [-0.1, -0.05) is 13.8 Å². The van der Waals surface area contributed by atoms with Crippen LogP contribution in [0, 0.1) is 0 Å². The molecule has 0 saturated carbocycles. The molecule has 0 bridgehead atoms. The Labute approximate surface area is 132 Å². The Morgan fingerprint density at radius 1 is 1.43 bits per heavy atom. The summed E-state index contributed by atoms with van der Waals surface area (Å²) < 4.78 is 11.1. The van der Waals surface area contributed by atoms with E-state index in [-0.39, 0.29) is 17.7 Å². The van der Waals surface area contributed by atoms with Gasteiger partial charge in [0.2, 0.25) is 0 Å². The predicted molar refractivity (Wildman–Crippen MR) is 87.0 cm³/mol. The molecule has 1 aliphatic rings. The van der Waals surface area contributed by atoms with Crippen molar-refractivity contribution in [3.05, 3.63) is 16.1 Å². The van der Waals surface area contributed by atoms with Crippen molar-refractivity contribution in [3.8, 4) is 0 Å². The zero-order valence-corrected chi connectivity index (χ0v) is 14.6. The third-order valence-electron chi connectivity index (χ3n) is 4.03. The predicted octanol–water partition coefficient (Wildman–Crippen LogP) is 3.29. The molecule has 2 atom stereocenters. The van der Waals surface area contributed by atoms with Gasteiger partial charge in [0.05, 0.1) is 30.0 Å². The Morgan fingerprint density at radius 2 is 2.10 bits per heavy atom. The summed E-state index contributed by atoms with van der Waals surface area (Å²) in [6.07, 6.45) is 2.42. The molecule has 0 aliphatic carbocycles. The summed E-state index contributed by atoms with van der Waals surface area (Å²) in [4.78, 5) is 4.91. The number of ether oxygens (including phenoxy) is 2. The third-order valence-corrected chi connectivity index (χ3v) is 5.09. The van der Waals surface area contributed by atoms with Crippen molar-refractivity contribution in [1.29, 1.82) is 0 Å². The smallest absolute Gasteiger partial charge is 0.113 e. The van der Waals surface area contributed by atoms with E-state index in [2.05, 4.69) is 38.4 Å². The van der Waals surface area contributed by atoms with E-state index in [1.165, 1.54) is 10.7 Å². The molecule has 1 aliphatic heterocycles. The van der Waals surface area contributed by atoms with E-state index in [9.17, 15) is 0 Å². The van der Waals surface area contributed by atoms with Crippen LogP contribution in [0.2, 0.25) is 0 Å². The molecular formula is C16H28N2O2S. The van der Waals surface area contributed by atoms with Gasteiger partial charge in [-0.05, 0) is 32.6 Å². The normalized spacial score (nSPS) is 30.0. The maximum atomic E-state index is 5.93. The second-order valence-electron chi connectivity index (χ2n) is 6.40. The van der Waals surface area contributed by atoms with E-state index in [0.717, 1.165) is 19.4 Å². The van der Waals surface area contributed by atoms with E-state index in [0.29, 0.717) is 12.5 Å². The lowest BCUT2D eigenvalue weighted by atomic mass is 9.84. The Morgan fingerprint density at radius 3 is 2.62 bits per heavy atom. The minimum Gasteiger partial charge on any atom is -0.383 e. The van der Waals surface area contributed by atoms with Crippen LogP contribution in [0.15, 0.2) is 5.38 Å². The molecule has 1 aromatic heterocycles. The van der Waals surface area contributed by atoms with Crippen LogP contribution in [0.4, 0.5) is 0 Å². The summed E-state index contributed by atoms with van der Waals surface area (Å²) in [6.45, 7) is 10.2. The highest BCUT2D eigenvalue weighted by Gasteiger charge is 2.42. The van der Waals surface area contributed by atoms with Crippen molar-refractivity contribution in [1.82, 2.24) is 10.3 Å². The van der Waals surface area contributed by atoms with Gasteiger partial charge in [0.25, 0.3) is 0 Å². The van der Waals surface area contributed by atoms with Crippen molar-refractivity contribution < 1.29 is 9.47 Å². The number of rotatable bonds is 6. The third kappa shape index (κ3) is 4.03. The van der Waals surface area contributed by atoms with Gasteiger partial charge < -0.3 is 14.8 Å². The lowest BCUT2D eigenvalue weighted by Crippen LogP contribution is -2.51. The van der Waals surface area contributed by atoms with E-state index in [1.54, 1.807) is 18.4 Å². The number of aromatic nitrogens is 1. The Balaban J connectivity index is 2.25. The molecule has 0 spiro atoms. The molecule has 0 aromatic carbocycles. The quantitative estimate of drug-likeness (QED) is 0.819. The van der Waals surface area contributed by atoms with Crippen molar-refractivity contribution in [2.24, 2.45) is 0 Å². The average molecular weight is 312 g/mol. The van der Waals surface area contributed by atoms with Gasteiger partial charge in [0.1, 0.15) is 5.01 Å². The SMILES string of the molecule is COCCNC1(c2nc(C(C)C)cs2)CC(C)OC(C)C1. The Kier molecular flexibility index (Phi) is 5.77. The number of hydrogen-bond acceptors (Lipinski definition) is 5. The zero-order chi connectivity index (χ0) is 15.5. The molecule has 1 aromatic rings. The number of nitrogens with zero attached hydrogens (tertiary/aromatic N) is 1. The van der Waals surface area contributed by atoms with Gasteiger partial charge in [0.15, 0.2) is 0 Å². The van der Waals surface area contributed by atoms with Crippen molar-refractivity contribution in [2.75, 3.05) is 20.3 Å². The van der Waals surface area contributed by atoms with Crippen molar-refractivity contribution in [3.63, 3.8) is 0 Å².